The van der Waals surface area contributed by atoms with Gasteiger partial charge < -0.3 is 14.2 Å². The van der Waals surface area contributed by atoms with Crippen LogP contribution in [0.2, 0.25) is 0 Å². The number of hydrogen-bond acceptors (Lipinski definition) is 5. The summed E-state index contributed by atoms with van der Waals surface area (Å²) in [5.74, 6) is -0.752. The average molecular weight is 412 g/mol. The fourth-order valence-corrected chi connectivity index (χ4v) is 3.93. The summed E-state index contributed by atoms with van der Waals surface area (Å²) in [6.45, 7) is 0.264. The summed E-state index contributed by atoms with van der Waals surface area (Å²) in [5, 5.41) is 0. The van der Waals surface area contributed by atoms with Crippen molar-refractivity contribution in [1.82, 2.24) is 0 Å². The van der Waals surface area contributed by atoms with Crippen molar-refractivity contribution in [2.75, 3.05) is 13.2 Å². The Hall–Kier alpha value is -3.70. The lowest BCUT2D eigenvalue weighted by Crippen LogP contribution is -2.26. The van der Waals surface area contributed by atoms with Gasteiger partial charge >= 0.3 is 11.9 Å². The number of hydrogen-bond donors (Lipinski definition) is 0. The number of carbonyl (C=O) groups excluding carboxylic acids is 2. The Morgan fingerprint density at radius 1 is 0.774 bits per heavy atom. The fourth-order valence-electron chi connectivity index (χ4n) is 3.93. The van der Waals surface area contributed by atoms with E-state index in [1.165, 1.54) is 0 Å². The van der Waals surface area contributed by atoms with Crippen molar-refractivity contribution < 1.29 is 23.8 Å². The van der Waals surface area contributed by atoms with E-state index in [9.17, 15) is 9.59 Å². The van der Waals surface area contributed by atoms with Gasteiger partial charge in [-0.05, 0) is 47.0 Å². The Balaban J connectivity index is 1.31. The maximum Gasteiger partial charge on any atom is 0.338 e. The Bertz CT molecular complexity index is 1150. The molecule has 5 nitrogen and oxygen atoms in total. The SMILES string of the molecule is O=C(OCC1=C[C@@H]2O[C@]2(COC(=O)c2ccccc2)c2ccccc21)c1ccccc1. The lowest BCUT2D eigenvalue weighted by Gasteiger charge is -2.22. The van der Waals surface area contributed by atoms with Crippen molar-refractivity contribution >= 4 is 17.5 Å². The normalized spacial score (nSPS) is 20.6. The van der Waals surface area contributed by atoms with Crippen LogP contribution in [0.4, 0.5) is 0 Å². The molecule has 1 aliphatic carbocycles. The zero-order valence-electron chi connectivity index (χ0n) is 16.7. The van der Waals surface area contributed by atoms with E-state index in [0.717, 1.165) is 16.7 Å². The maximum atomic E-state index is 12.4. The minimum atomic E-state index is -0.687. The molecule has 1 fully saturated rings. The fraction of sp³-hybridized carbons (Fsp3) is 0.154. The van der Waals surface area contributed by atoms with Gasteiger partial charge in [0.25, 0.3) is 0 Å². The first kappa shape index (κ1) is 19.3. The van der Waals surface area contributed by atoms with Crippen LogP contribution < -0.4 is 0 Å². The van der Waals surface area contributed by atoms with Crippen LogP contribution >= 0.6 is 0 Å². The number of esters is 2. The lowest BCUT2D eigenvalue weighted by molar-refractivity contribution is 0.0389. The molecular formula is C26H20O5. The minimum absolute atomic E-state index is 0.121. The molecule has 0 unspecified atom stereocenters. The molecule has 0 aromatic heterocycles. The predicted molar refractivity (Wildman–Crippen MR) is 114 cm³/mol. The van der Waals surface area contributed by atoms with Crippen LogP contribution in [0.3, 0.4) is 0 Å². The molecule has 1 aliphatic heterocycles. The summed E-state index contributed by atoms with van der Waals surface area (Å²) < 4.78 is 17.1. The monoisotopic (exact) mass is 412 g/mol. The third-order valence-electron chi connectivity index (χ3n) is 5.62. The topological polar surface area (TPSA) is 65.1 Å². The number of rotatable bonds is 6. The van der Waals surface area contributed by atoms with Crippen LogP contribution in [0, 0.1) is 0 Å². The molecule has 3 aromatic carbocycles. The molecule has 0 saturated carbocycles. The highest BCUT2D eigenvalue weighted by molar-refractivity contribution is 5.90. The van der Waals surface area contributed by atoms with Gasteiger partial charge in [0.1, 0.15) is 19.3 Å². The molecule has 0 N–H and O–H groups in total. The average Bonchev–Trinajstić information content (AvgIpc) is 3.56. The third-order valence-corrected chi connectivity index (χ3v) is 5.62. The van der Waals surface area contributed by atoms with Crippen molar-refractivity contribution in [1.29, 1.82) is 0 Å². The largest absolute Gasteiger partial charge is 0.459 e. The quantitative estimate of drug-likeness (QED) is 0.444. The van der Waals surface area contributed by atoms with Crippen LogP contribution in [0.15, 0.2) is 91.0 Å². The van der Waals surface area contributed by atoms with Gasteiger partial charge in [-0.3, -0.25) is 0 Å². The molecule has 0 amide bonds. The first-order chi connectivity index (χ1) is 15.2. The van der Waals surface area contributed by atoms with Gasteiger partial charge in [0.05, 0.1) is 11.1 Å². The van der Waals surface area contributed by atoms with Crippen molar-refractivity contribution in [2.45, 2.75) is 11.7 Å². The Morgan fingerprint density at radius 2 is 1.35 bits per heavy atom. The highest BCUT2D eigenvalue weighted by atomic mass is 16.6. The number of benzene rings is 3. The second-order valence-electron chi connectivity index (χ2n) is 7.55. The second kappa shape index (κ2) is 7.85. The van der Waals surface area contributed by atoms with E-state index >= 15 is 0 Å². The molecule has 2 aliphatic rings. The Labute approximate surface area is 179 Å². The Morgan fingerprint density at radius 3 is 2.03 bits per heavy atom. The zero-order valence-corrected chi connectivity index (χ0v) is 16.7. The molecule has 0 spiro atoms. The molecule has 3 aromatic rings. The van der Waals surface area contributed by atoms with Crippen LogP contribution in [0.5, 0.6) is 0 Å². The standard InChI is InChI=1S/C26H20O5/c27-24(18-9-3-1-4-10-18)29-16-20-15-23-26(31-23,22-14-8-7-13-21(20)22)17-30-25(28)19-11-5-2-6-12-19/h1-15,23H,16-17H2/t23-,26+/m0/s1. The molecule has 0 radical (unpaired) electrons. The summed E-state index contributed by atoms with van der Waals surface area (Å²) in [6, 6.07) is 25.6. The first-order valence-corrected chi connectivity index (χ1v) is 10.1. The van der Waals surface area contributed by atoms with E-state index in [1.54, 1.807) is 48.5 Å². The smallest absolute Gasteiger partial charge is 0.338 e. The van der Waals surface area contributed by atoms with Crippen molar-refractivity contribution in [2.24, 2.45) is 0 Å². The minimum Gasteiger partial charge on any atom is -0.459 e. The van der Waals surface area contributed by atoms with Crippen LogP contribution in [-0.4, -0.2) is 31.3 Å². The van der Waals surface area contributed by atoms with Crippen molar-refractivity contribution in [3.8, 4) is 0 Å². The van der Waals surface area contributed by atoms with Gasteiger partial charge in [-0.1, -0.05) is 60.7 Å². The van der Waals surface area contributed by atoms with Crippen molar-refractivity contribution in [3.05, 3.63) is 113 Å². The van der Waals surface area contributed by atoms with Gasteiger partial charge in [0.2, 0.25) is 0 Å². The van der Waals surface area contributed by atoms with E-state index in [4.69, 9.17) is 14.2 Å². The summed E-state index contributed by atoms with van der Waals surface area (Å²) in [7, 11) is 0. The predicted octanol–water partition coefficient (Wildman–Crippen LogP) is 4.39. The van der Waals surface area contributed by atoms with Gasteiger partial charge in [-0.15, -0.1) is 0 Å². The summed E-state index contributed by atoms with van der Waals surface area (Å²) in [5.41, 5.74) is 3.09. The number of carbonyl (C=O) groups is 2. The summed E-state index contributed by atoms with van der Waals surface area (Å²) in [4.78, 5) is 24.7. The molecule has 0 bridgehead atoms. The van der Waals surface area contributed by atoms with Gasteiger partial charge in [0.15, 0.2) is 5.60 Å². The molecule has 5 rings (SSSR count). The van der Waals surface area contributed by atoms with Crippen LogP contribution in [-0.2, 0) is 19.8 Å². The van der Waals surface area contributed by atoms with Crippen LogP contribution in [0.25, 0.3) is 5.57 Å². The first-order valence-electron chi connectivity index (χ1n) is 10.1. The van der Waals surface area contributed by atoms with E-state index in [2.05, 4.69) is 0 Å². The molecule has 1 heterocycles. The van der Waals surface area contributed by atoms with Crippen molar-refractivity contribution in [3.63, 3.8) is 0 Å². The molecule has 5 heteroatoms. The van der Waals surface area contributed by atoms with Gasteiger partial charge in [-0.25, -0.2) is 9.59 Å². The third kappa shape index (κ3) is 3.64. The lowest BCUT2D eigenvalue weighted by atomic mass is 9.83. The van der Waals surface area contributed by atoms with Gasteiger partial charge in [-0.2, -0.15) is 0 Å². The zero-order chi connectivity index (χ0) is 21.3. The maximum absolute atomic E-state index is 12.4. The highest BCUT2D eigenvalue weighted by Gasteiger charge is 2.60. The summed E-state index contributed by atoms with van der Waals surface area (Å²) in [6.07, 6.45) is 1.73. The second-order valence-corrected chi connectivity index (χ2v) is 7.55. The molecule has 31 heavy (non-hydrogen) atoms. The molecule has 1 saturated heterocycles. The number of ether oxygens (including phenoxy) is 3. The van der Waals surface area contributed by atoms with E-state index in [-0.39, 0.29) is 31.3 Å². The van der Waals surface area contributed by atoms with E-state index < -0.39 is 5.60 Å². The van der Waals surface area contributed by atoms with E-state index in [1.807, 2.05) is 42.5 Å². The molecule has 2 atom stereocenters. The number of fused-ring (bicyclic) bond motifs is 3. The van der Waals surface area contributed by atoms with Gasteiger partial charge in [0, 0.05) is 0 Å². The molecular weight excluding hydrogens is 392 g/mol. The van der Waals surface area contributed by atoms with Crippen LogP contribution in [0.1, 0.15) is 31.8 Å². The van der Waals surface area contributed by atoms with E-state index in [0.29, 0.717) is 11.1 Å². The highest BCUT2D eigenvalue weighted by Crippen LogP contribution is 2.53. The molecule has 154 valence electrons. The number of epoxide rings is 1. The Kier molecular flexibility index (Phi) is 4.88. The summed E-state index contributed by atoms with van der Waals surface area (Å²) >= 11 is 0.